The number of hydrogen-bond acceptors (Lipinski definition) is 3. The van der Waals surface area contributed by atoms with Crippen molar-refractivity contribution in [3.8, 4) is 0 Å². The maximum Gasteiger partial charge on any atom is 0.325 e. The van der Waals surface area contributed by atoms with Gasteiger partial charge in [-0.1, -0.05) is 37.6 Å². The molecule has 1 spiro atoms. The SMILES string of the molecule is C[C@@H]1CCC[C@@H]2CCCN(C(=O)CN3C(=O)N[C@]4(CCc5ccccc54)C3=O)[C@@H]21. The number of carbonyl (C=O) groups is 3. The van der Waals surface area contributed by atoms with Crippen LogP contribution < -0.4 is 5.32 Å². The van der Waals surface area contributed by atoms with Gasteiger partial charge in [-0.25, -0.2) is 4.79 Å². The molecule has 0 unspecified atom stereocenters. The third-order valence-corrected chi connectivity index (χ3v) is 7.67. The molecule has 0 bridgehead atoms. The van der Waals surface area contributed by atoms with Gasteiger partial charge in [0.15, 0.2) is 0 Å². The Balaban J connectivity index is 1.36. The molecule has 1 saturated carbocycles. The van der Waals surface area contributed by atoms with Crippen molar-refractivity contribution in [2.24, 2.45) is 11.8 Å². The highest BCUT2D eigenvalue weighted by molar-refractivity contribution is 6.09. The fourth-order valence-electron chi connectivity index (χ4n) is 6.31. The van der Waals surface area contributed by atoms with E-state index in [0.29, 0.717) is 18.3 Å². The first-order chi connectivity index (χ1) is 14.0. The van der Waals surface area contributed by atoms with Crippen LogP contribution in [0.25, 0.3) is 0 Å². The Morgan fingerprint density at radius 2 is 1.97 bits per heavy atom. The largest absolute Gasteiger partial charge is 0.338 e. The molecule has 0 radical (unpaired) electrons. The molecule has 2 aliphatic carbocycles. The van der Waals surface area contributed by atoms with Crippen LogP contribution in [0.2, 0.25) is 0 Å². The predicted molar refractivity (Wildman–Crippen MR) is 108 cm³/mol. The second-order valence-corrected chi connectivity index (χ2v) is 9.27. The van der Waals surface area contributed by atoms with Crippen molar-refractivity contribution in [2.45, 2.75) is 63.5 Å². The van der Waals surface area contributed by atoms with Crippen LogP contribution in [-0.2, 0) is 21.5 Å². The Bertz CT molecular complexity index is 867. The summed E-state index contributed by atoms with van der Waals surface area (Å²) in [6, 6.07) is 7.61. The molecule has 4 aliphatic rings. The first-order valence-electron chi connectivity index (χ1n) is 11.0. The third-order valence-electron chi connectivity index (χ3n) is 7.67. The minimum Gasteiger partial charge on any atom is -0.338 e. The van der Waals surface area contributed by atoms with Crippen molar-refractivity contribution in [1.29, 1.82) is 0 Å². The van der Waals surface area contributed by atoms with E-state index >= 15 is 0 Å². The van der Waals surface area contributed by atoms with E-state index in [2.05, 4.69) is 12.2 Å². The minimum atomic E-state index is -0.990. The van der Waals surface area contributed by atoms with E-state index in [4.69, 9.17) is 0 Å². The third kappa shape index (κ3) is 2.79. The number of benzene rings is 1. The summed E-state index contributed by atoms with van der Waals surface area (Å²) in [6.07, 6.45) is 7.08. The van der Waals surface area contributed by atoms with Crippen LogP contribution in [0.15, 0.2) is 24.3 Å². The number of rotatable bonds is 2. The second kappa shape index (κ2) is 6.85. The molecular weight excluding hydrogens is 366 g/mol. The summed E-state index contributed by atoms with van der Waals surface area (Å²) in [5, 5.41) is 2.93. The summed E-state index contributed by atoms with van der Waals surface area (Å²) in [5.41, 5.74) is 0.993. The van der Waals surface area contributed by atoms with Crippen LogP contribution >= 0.6 is 0 Å². The lowest BCUT2D eigenvalue weighted by molar-refractivity contribution is -0.144. The van der Waals surface area contributed by atoms with E-state index in [1.54, 1.807) is 0 Å². The number of amides is 4. The van der Waals surface area contributed by atoms with Crippen LogP contribution in [0.3, 0.4) is 0 Å². The molecule has 1 aromatic rings. The zero-order chi connectivity index (χ0) is 20.2. The lowest BCUT2D eigenvalue weighted by Gasteiger charge is -2.47. The highest BCUT2D eigenvalue weighted by Crippen LogP contribution is 2.42. The van der Waals surface area contributed by atoms with E-state index in [-0.39, 0.29) is 24.4 Å². The Morgan fingerprint density at radius 1 is 1.17 bits per heavy atom. The number of urea groups is 1. The van der Waals surface area contributed by atoms with E-state index in [9.17, 15) is 14.4 Å². The molecule has 154 valence electrons. The minimum absolute atomic E-state index is 0.0831. The van der Waals surface area contributed by atoms with Gasteiger partial charge in [-0.05, 0) is 61.5 Å². The standard InChI is InChI=1S/C23H29N3O3/c1-15-6-4-8-17-9-5-13-25(20(15)17)19(27)14-26-21(28)23(24-22(26)29)12-11-16-7-2-3-10-18(16)23/h2-3,7,10,15,17,20H,4-6,8-9,11-14H2,1H3,(H,24,29)/t15-,17-,20-,23+/m1/s1. The Morgan fingerprint density at radius 3 is 2.83 bits per heavy atom. The van der Waals surface area contributed by atoms with Gasteiger partial charge in [-0.2, -0.15) is 0 Å². The van der Waals surface area contributed by atoms with Crippen molar-refractivity contribution in [1.82, 2.24) is 15.1 Å². The van der Waals surface area contributed by atoms with E-state index in [0.717, 1.165) is 41.8 Å². The van der Waals surface area contributed by atoms with Gasteiger partial charge in [-0.3, -0.25) is 14.5 Å². The number of nitrogens with zero attached hydrogens (tertiary/aromatic N) is 2. The molecule has 1 aromatic carbocycles. The molecule has 5 rings (SSSR count). The lowest BCUT2D eigenvalue weighted by Crippen LogP contribution is -2.55. The molecule has 3 fully saturated rings. The maximum atomic E-state index is 13.3. The summed E-state index contributed by atoms with van der Waals surface area (Å²) in [4.78, 5) is 42.5. The number of imide groups is 1. The van der Waals surface area contributed by atoms with E-state index in [1.165, 1.54) is 19.3 Å². The van der Waals surface area contributed by atoms with Gasteiger partial charge in [0, 0.05) is 12.6 Å². The van der Waals surface area contributed by atoms with Crippen molar-refractivity contribution < 1.29 is 14.4 Å². The Kier molecular flexibility index (Phi) is 4.41. The molecule has 0 aromatic heterocycles. The van der Waals surface area contributed by atoms with Gasteiger partial charge < -0.3 is 10.2 Å². The smallest absolute Gasteiger partial charge is 0.325 e. The number of piperidine rings is 1. The second-order valence-electron chi connectivity index (χ2n) is 9.27. The molecule has 2 heterocycles. The normalized spacial score (nSPS) is 33.6. The predicted octanol–water partition coefficient (Wildman–Crippen LogP) is 2.81. The summed E-state index contributed by atoms with van der Waals surface area (Å²) < 4.78 is 0. The highest BCUT2D eigenvalue weighted by Gasteiger charge is 2.56. The number of aryl methyl sites for hydroxylation is 1. The van der Waals surface area contributed by atoms with Gasteiger partial charge in [0.25, 0.3) is 5.91 Å². The molecule has 4 atom stereocenters. The van der Waals surface area contributed by atoms with Crippen molar-refractivity contribution in [3.63, 3.8) is 0 Å². The van der Waals surface area contributed by atoms with Crippen LogP contribution in [-0.4, -0.2) is 46.8 Å². The van der Waals surface area contributed by atoms with Gasteiger partial charge in [0.2, 0.25) is 5.91 Å². The first kappa shape index (κ1) is 18.6. The summed E-state index contributed by atoms with van der Waals surface area (Å²) in [7, 11) is 0. The highest BCUT2D eigenvalue weighted by atomic mass is 16.2. The average molecular weight is 396 g/mol. The fourth-order valence-corrected chi connectivity index (χ4v) is 6.31. The van der Waals surface area contributed by atoms with Crippen LogP contribution in [0, 0.1) is 11.8 Å². The van der Waals surface area contributed by atoms with Crippen molar-refractivity contribution >= 4 is 17.8 Å². The lowest BCUT2D eigenvalue weighted by atomic mass is 9.73. The summed E-state index contributed by atoms with van der Waals surface area (Å²) in [6.45, 7) is 2.83. The van der Waals surface area contributed by atoms with Crippen LogP contribution in [0.1, 0.15) is 56.6 Å². The van der Waals surface area contributed by atoms with Crippen LogP contribution in [0.5, 0.6) is 0 Å². The first-order valence-corrected chi connectivity index (χ1v) is 11.0. The molecule has 29 heavy (non-hydrogen) atoms. The summed E-state index contributed by atoms with van der Waals surface area (Å²) in [5.74, 6) is 0.688. The molecule has 4 amide bonds. The quantitative estimate of drug-likeness (QED) is 0.783. The summed E-state index contributed by atoms with van der Waals surface area (Å²) >= 11 is 0. The van der Waals surface area contributed by atoms with Crippen LogP contribution in [0.4, 0.5) is 4.79 Å². The number of carbonyl (C=O) groups excluding carboxylic acids is 3. The molecule has 1 N–H and O–H groups in total. The van der Waals surface area contributed by atoms with E-state index in [1.807, 2.05) is 29.2 Å². The molecule has 6 heteroatoms. The van der Waals surface area contributed by atoms with Crippen molar-refractivity contribution in [2.75, 3.05) is 13.1 Å². The molecular formula is C23H29N3O3. The molecule has 2 saturated heterocycles. The number of fused-ring (bicyclic) bond motifs is 3. The average Bonchev–Trinajstić information content (AvgIpc) is 3.21. The van der Waals surface area contributed by atoms with Crippen molar-refractivity contribution in [3.05, 3.63) is 35.4 Å². The van der Waals surface area contributed by atoms with Gasteiger partial charge in [0.05, 0.1) is 0 Å². The Hall–Kier alpha value is -2.37. The zero-order valence-electron chi connectivity index (χ0n) is 17.0. The number of likely N-dealkylation sites (tertiary alicyclic amines) is 1. The van der Waals surface area contributed by atoms with E-state index < -0.39 is 11.6 Å². The zero-order valence-corrected chi connectivity index (χ0v) is 17.0. The Labute approximate surface area is 171 Å². The fraction of sp³-hybridized carbons (Fsp3) is 0.609. The van der Waals surface area contributed by atoms with Gasteiger partial charge >= 0.3 is 6.03 Å². The maximum absolute atomic E-state index is 13.3. The molecule has 2 aliphatic heterocycles. The van der Waals surface area contributed by atoms with Gasteiger partial charge in [0.1, 0.15) is 12.1 Å². The molecule has 6 nitrogen and oxygen atoms in total. The topological polar surface area (TPSA) is 69.7 Å². The number of hydrogen-bond donors (Lipinski definition) is 1. The van der Waals surface area contributed by atoms with Gasteiger partial charge in [-0.15, -0.1) is 0 Å². The monoisotopic (exact) mass is 395 g/mol. The number of nitrogens with one attached hydrogen (secondary N) is 1.